The number of aliphatic hydroxyl groups is 1. The molecule has 0 radical (unpaired) electrons. The van der Waals surface area contributed by atoms with Crippen LogP contribution >= 0.6 is 11.6 Å². The van der Waals surface area contributed by atoms with Crippen LogP contribution in [-0.2, 0) is 11.4 Å². The summed E-state index contributed by atoms with van der Waals surface area (Å²) >= 11 is 6.05. The van der Waals surface area contributed by atoms with Crippen molar-refractivity contribution in [1.82, 2.24) is 14.7 Å². The Bertz CT molecular complexity index is 1630. The first-order chi connectivity index (χ1) is 19.9. The highest BCUT2D eigenvalue weighted by Crippen LogP contribution is 2.34. The van der Waals surface area contributed by atoms with Crippen LogP contribution in [0, 0.1) is 11.7 Å². The highest BCUT2D eigenvalue weighted by Gasteiger charge is 2.35. The standard InChI is InChI=1S/C31H28ClFN4O4/c32-24-6-8-25(9-7-24)37-31(40)29(28(18-34-37)35-13-15-36(16-14-35)30(39)21-1-2-21)41-26-10-3-20(4-11-26)22-5-12-27(33)23(17-22)19-38/h3-12,17-18,21,38H,1-2,13-16,19H2. The number of aromatic nitrogens is 2. The van der Waals surface area contributed by atoms with Crippen LogP contribution in [0.5, 0.6) is 11.5 Å². The third-order valence-corrected chi connectivity index (χ3v) is 7.72. The van der Waals surface area contributed by atoms with Crippen molar-refractivity contribution in [1.29, 1.82) is 0 Å². The molecule has 2 fully saturated rings. The number of hydrogen-bond donors (Lipinski definition) is 1. The molecule has 0 bridgehead atoms. The number of aliphatic hydroxyl groups excluding tert-OH is 1. The van der Waals surface area contributed by atoms with Crippen molar-refractivity contribution in [3.63, 3.8) is 0 Å². The van der Waals surface area contributed by atoms with Crippen molar-refractivity contribution in [2.75, 3.05) is 31.1 Å². The Kier molecular flexibility index (Phi) is 7.47. The lowest BCUT2D eigenvalue weighted by molar-refractivity contribution is -0.132. The number of carbonyl (C=O) groups excluding carboxylic acids is 1. The molecule has 2 heterocycles. The molecule has 41 heavy (non-hydrogen) atoms. The average molecular weight is 575 g/mol. The zero-order valence-corrected chi connectivity index (χ0v) is 22.9. The van der Waals surface area contributed by atoms with Crippen molar-refractivity contribution < 1.29 is 19.0 Å². The van der Waals surface area contributed by atoms with E-state index in [0.717, 1.165) is 24.0 Å². The van der Waals surface area contributed by atoms with Gasteiger partial charge in [-0.05, 0) is 72.5 Å². The van der Waals surface area contributed by atoms with E-state index in [1.807, 2.05) is 21.9 Å². The van der Waals surface area contributed by atoms with Crippen molar-refractivity contribution in [3.8, 4) is 28.3 Å². The van der Waals surface area contributed by atoms with Crippen LogP contribution in [0.15, 0.2) is 77.7 Å². The minimum Gasteiger partial charge on any atom is -0.449 e. The number of anilines is 1. The van der Waals surface area contributed by atoms with Crippen LogP contribution in [0.25, 0.3) is 16.8 Å². The minimum absolute atomic E-state index is 0.119. The molecule has 210 valence electrons. The summed E-state index contributed by atoms with van der Waals surface area (Å²) in [7, 11) is 0. The van der Waals surface area contributed by atoms with E-state index in [4.69, 9.17) is 16.3 Å². The maximum atomic E-state index is 13.8. The number of nitrogens with zero attached hydrogens (tertiary/aromatic N) is 4. The summed E-state index contributed by atoms with van der Waals surface area (Å²) in [6.07, 6.45) is 3.55. The Morgan fingerprint density at radius 3 is 2.32 bits per heavy atom. The van der Waals surface area contributed by atoms with E-state index in [1.165, 1.54) is 10.7 Å². The lowest BCUT2D eigenvalue weighted by Crippen LogP contribution is -2.49. The Morgan fingerprint density at radius 1 is 0.976 bits per heavy atom. The lowest BCUT2D eigenvalue weighted by atomic mass is 10.0. The number of halogens is 2. The molecule has 1 amide bonds. The zero-order valence-electron chi connectivity index (χ0n) is 22.2. The van der Waals surface area contributed by atoms with Gasteiger partial charge in [0.25, 0.3) is 0 Å². The SMILES string of the molecule is O=C(C1CC1)N1CCN(c2cnn(-c3ccc(Cl)cc3)c(=O)c2Oc2ccc(-c3ccc(F)c(CO)c3)cc2)CC1. The van der Waals surface area contributed by atoms with E-state index >= 15 is 0 Å². The second-order valence-corrected chi connectivity index (χ2v) is 10.7. The first-order valence-electron chi connectivity index (χ1n) is 13.5. The smallest absolute Gasteiger partial charge is 0.316 e. The second kappa shape index (κ2) is 11.3. The molecule has 1 aromatic heterocycles. The molecule has 0 unspecified atom stereocenters. The quantitative estimate of drug-likeness (QED) is 0.333. The molecular formula is C31H28ClFN4O4. The number of rotatable bonds is 7. The Hall–Kier alpha value is -4.21. The largest absolute Gasteiger partial charge is 0.449 e. The molecule has 1 N–H and O–H groups in total. The summed E-state index contributed by atoms with van der Waals surface area (Å²) in [5, 5.41) is 14.4. The molecule has 10 heteroatoms. The van der Waals surface area contributed by atoms with Gasteiger partial charge in [-0.25, -0.2) is 4.39 Å². The maximum absolute atomic E-state index is 13.8. The van der Waals surface area contributed by atoms with E-state index < -0.39 is 18.0 Å². The summed E-state index contributed by atoms with van der Waals surface area (Å²) in [5.74, 6) is 0.474. The van der Waals surface area contributed by atoms with Gasteiger partial charge in [0.15, 0.2) is 0 Å². The molecule has 8 nitrogen and oxygen atoms in total. The van der Waals surface area contributed by atoms with Crippen LogP contribution in [-0.4, -0.2) is 51.9 Å². The van der Waals surface area contributed by atoms with Gasteiger partial charge in [0.2, 0.25) is 11.7 Å². The molecule has 4 aromatic rings. The van der Waals surface area contributed by atoms with E-state index in [9.17, 15) is 19.1 Å². The number of piperazine rings is 1. The fraction of sp³-hybridized carbons (Fsp3) is 0.258. The van der Waals surface area contributed by atoms with Crippen LogP contribution in [0.3, 0.4) is 0 Å². The van der Waals surface area contributed by atoms with Gasteiger partial charge < -0.3 is 19.6 Å². The van der Waals surface area contributed by atoms with Gasteiger partial charge in [0, 0.05) is 42.7 Å². The molecule has 3 aromatic carbocycles. The Balaban J connectivity index is 1.31. The summed E-state index contributed by atoms with van der Waals surface area (Å²) < 4.78 is 21.4. The Labute approximate surface area is 241 Å². The monoisotopic (exact) mass is 574 g/mol. The lowest BCUT2D eigenvalue weighted by Gasteiger charge is -2.36. The maximum Gasteiger partial charge on any atom is 0.316 e. The molecule has 0 atom stereocenters. The predicted molar refractivity (Wildman–Crippen MR) is 154 cm³/mol. The topological polar surface area (TPSA) is 87.9 Å². The average Bonchev–Trinajstić information content (AvgIpc) is 3.85. The number of amides is 1. The van der Waals surface area contributed by atoms with Crippen LogP contribution < -0.4 is 15.2 Å². The minimum atomic E-state index is -0.462. The number of ether oxygens (including phenoxy) is 1. The number of benzene rings is 3. The van der Waals surface area contributed by atoms with Crippen molar-refractivity contribution in [3.05, 3.63) is 99.7 Å². The van der Waals surface area contributed by atoms with Crippen LogP contribution in [0.2, 0.25) is 5.02 Å². The predicted octanol–water partition coefficient (Wildman–Crippen LogP) is 5.04. The van der Waals surface area contributed by atoms with Crippen LogP contribution in [0.1, 0.15) is 18.4 Å². The Morgan fingerprint density at radius 2 is 1.66 bits per heavy atom. The third kappa shape index (κ3) is 5.68. The van der Waals surface area contributed by atoms with E-state index in [-0.39, 0.29) is 23.1 Å². The molecule has 1 saturated heterocycles. The summed E-state index contributed by atoms with van der Waals surface area (Å²) in [6, 6.07) is 18.5. The molecule has 1 saturated carbocycles. The normalized spacial score (nSPS) is 15.2. The van der Waals surface area contributed by atoms with Crippen molar-refractivity contribution >= 4 is 23.2 Å². The van der Waals surface area contributed by atoms with E-state index in [1.54, 1.807) is 54.7 Å². The first-order valence-corrected chi connectivity index (χ1v) is 13.9. The number of hydrogen-bond acceptors (Lipinski definition) is 6. The van der Waals surface area contributed by atoms with Gasteiger partial charge in [-0.1, -0.05) is 29.8 Å². The summed E-state index contributed by atoms with van der Waals surface area (Å²) in [6.45, 7) is 1.85. The summed E-state index contributed by atoms with van der Waals surface area (Å²) in [5.41, 5.74) is 2.42. The van der Waals surface area contributed by atoms with E-state index in [0.29, 0.717) is 48.3 Å². The first kappa shape index (κ1) is 27.0. The highest BCUT2D eigenvalue weighted by atomic mass is 35.5. The van der Waals surface area contributed by atoms with Gasteiger partial charge in [-0.3, -0.25) is 9.59 Å². The van der Waals surface area contributed by atoms with Gasteiger partial charge in [-0.15, -0.1) is 0 Å². The molecule has 0 spiro atoms. The number of carbonyl (C=O) groups is 1. The molecule has 1 aliphatic heterocycles. The van der Waals surface area contributed by atoms with Gasteiger partial charge in [-0.2, -0.15) is 9.78 Å². The fourth-order valence-corrected chi connectivity index (χ4v) is 5.11. The molecule has 6 rings (SSSR count). The van der Waals surface area contributed by atoms with E-state index in [2.05, 4.69) is 5.10 Å². The highest BCUT2D eigenvalue weighted by molar-refractivity contribution is 6.30. The molecule has 2 aliphatic rings. The van der Waals surface area contributed by atoms with Crippen molar-refractivity contribution in [2.45, 2.75) is 19.4 Å². The molecular weight excluding hydrogens is 547 g/mol. The van der Waals surface area contributed by atoms with Gasteiger partial charge in [0.05, 0.1) is 18.5 Å². The zero-order chi connectivity index (χ0) is 28.5. The molecule has 1 aliphatic carbocycles. The van der Waals surface area contributed by atoms with Crippen molar-refractivity contribution in [2.24, 2.45) is 5.92 Å². The summed E-state index contributed by atoms with van der Waals surface area (Å²) in [4.78, 5) is 30.2. The second-order valence-electron chi connectivity index (χ2n) is 10.2. The van der Waals surface area contributed by atoms with Crippen LogP contribution in [0.4, 0.5) is 10.1 Å². The fourth-order valence-electron chi connectivity index (χ4n) is 4.98. The van der Waals surface area contributed by atoms with Gasteiger partial charge in [0.1, 0.15) is 17.3 Å². The third-order valence-electron chi connectivity index (χ3n) is 7.47. The van der Waals surface area contributed by atoms with Gasteiger partial charge >= 0.3 is 5.56 Å².